The number of amides is 1. The van der Waals surface area contributed by atoms with Gasteiger partial charge in [0, 0.05) is 13.1 Å². The van der Waals surface area contributed by atoms with Crippen LogP contribution in [0.25, 0.3) is 0 Å². The highest BCUT2D eigenvalue weighted by Crippen LogP contribution is 2.13. The Bertz CT molecular complexity index is 588. The van der Waals surface area contributed by atoms with E-state index in [2.05, 4.69) is 17.3 Å². The fraction of sp³-hybridized carbons (Fsp3) is 0.333. The van der Waals surface area contributed by atoms with Crippen LogP contribution in [0.4, 0.5) is 5.82 Å². The Hall–Kier alpha value is -2.30. The van der Waals surface area contributed by atoms with Crippen molar-refractivity contribution in [3.8, 4) is 5.75 Å². The average Bonchev–Trinajstić information content (AvgIpc) is 2.75. The highest BCUT2D eigenvalue weighted by atomic mass is 16.5. The zero-order valence-corrected chi connectivity index (χ0v) is 12.0. The number of benzene rings is 1. The molecule has 5 nitrogen and oxygen atoms in total. The van der Waals surface area contributed by atoms with E-state index < -0.39 is 0 Å². The van der Waals surface area contributed by atoms with Crippen molar-refractivity contribution in [2.24, 2.45) is 7.05 Å². The van der Waals surface area contributed by atoms with Gasteiger partial charge >= 0.3 is 0 Å². The van der Waals surface area contributed by atoms with Gasteiger partial charge in [0.15, 0.2) is 6.61 Å². The van der Waals surface area contributed by atoms with Gasteiger partial charge in [0.1, 0.15) is 11.6 Å². The summed E-state index contributed by atoms with van der Waals surface area (Å²) in [5.41, 5.74) is 2.10. The fourth-order valence-corrected chi connectivity index (χ4v) is 1.88. The second-order valence-electron chi connectivity index (χ2n) is 4.63. The van der Waals surface area contributed by atoms with Gasteiger partial charge < -0.3 is 10.1 Å². The second kappa shape index (κ2) is 6.23. The standard InChI is InChI=1S/C15H19N3O2/c1-4-12-5-7-13(8-6-12)20-10-15(19)16-14-9-11(2)17-18(14)3/h5-9H,4,10H2,1-3H3,(H,16,19). The van der Waals surface area contributed by atoms with Crippen LogP contribution in [-0.2, 0) is 18.3 Å². The third-order valence-electron chi connectivity index (χ3n) is 2.97. The first kappa shape index (κ1) is 14.1. The third-order valence-corrected chi connectivity index (χ3v) is 2.97. The molecule has 1 amide bonds. The maximum absolute atomic E-state index is 11.8. The molecule has 1 heterocycles. The van der Waals surface area contributed by atoms with Crippen molar-refractivity contribution in [3.63, 3.8) is 0 Å². The Morgan fingerprint density at radius 3 is 2.60 bits per heavy atom. The molecule has 0 unspecified atom stereocenters. The number of nitrogens with one attached hydrogen (secondary N) is 1. The average molecular weight is 273 g/mol. The monoisotopic (exact) mass is 273 g/mol. The number of carbonyl (C=O) groups is 1. The van der Waals surface area contributed by atoms with E-state index in [9.17, 15) is 4.79 Å². The Labute approximate surface area is 118 Å². The molecular formula is C15H19N3O2. The minimum atomic E-state index is -0.201. The molecule has 0 aliphatic rings. The first-order valence-electron chi connectivity index (χ1n) is 6.60. The van der Waals surface area contributed by atoms with E-state index in [-0.39, 0.29) is 12.5 Å². The van der Waals surface area contributed by atoms with E-state index in [4.69, 9.17) is 4.74 Å². The molecule has 1 aromatic carbocycles. The number of ether oxygens (including phenoxy) is 1. The van der Waals surface area contributed by atoms with E-state index in [0.717, 1.165) is 12.1 Å². The summed E-state index contributed by atoms with van der Waals surface area (Å²) < 4.78 is 7.07. The quantitative estimate of drug-likeness (QED) is 0.909. The van der Waals surface area contributed by atoms with Crippen LogP contribution in [0.1, 0.15) is 18.2 Å². The smallest absolute Gasteiger partial charge is 0.263 e. The summed E-state index contributed by atoms with van der Waals surface area (Å²) >= 11 is 0. The number of aryl methyl sites for hydroxylation is 3. The Morgan fingerprint density at radius 1 is 1.35 bits per heavy atom. The second-order valence-corrected chi connectivity index (χ2v) is 4.63. The molecule has 0 radical (unpaired) electrons. The summed E-state index contributed by atoms with van der Waals surface area (Å²) in [6.45, 7) is 3.95. The van der Waals surface area contributed by atoms with Crippen molar-refractivity contribution in [2.45, 2.75) is 20.3 Å². The van der Waals surface area contributed by atoms with Gasteiger partial charge in [0.25, 0.3) is 5.91 Å². The molecule has 0 bridgehead atoms. The molecule has 2 aromatic rings. The lowest BCUT2D eigenvalue weighted by molar-refractivity contribution is -0.118. The van der Waals surface area contributed by atoms with Gasteiger partial charge in [-0.25, -0.2) is 0 Å². The summed E-state index contributed by atoms with van der Waals surface area (Å²) in [6, 6.07) is 9.56. The normalized spacial score (nSPS) is 10.3. The summed E-state index contributed by atoms with van der Waals surface area (Å²) in [6.07, 6.45) is 0.987. The van der Waals surface area contributed by atoms with E-state index in [1.54, 1.807) is 11.7 Å². The Balaban J connectivity index is 1.87. The number of hydrogen-bond donors (Lipinski definition) is 1. The number of hydrogen-bond acceptors (Lipinski definition) is 3. The highest BCUT2D eigenvalue weighted by Gasteiger charge is 2.07. The maximum atomic E-state index is 11.8. The van der Waals surface area contributed by atoms with Crippen molar-refractivity contribution in [1.29, 1.82) is 0 Å². The van der Waals surface area contributed by atoms with Crippen LogP contribution >= 0.6 is 0 Å². The van der Waals surface area contributed by atoms with Gasteiger partial charge in [0.05, 0.1) is 5.69 Å². The van der Waals surface area contributed by atoms with E-state index in [1.165, 1.54) is 5.56 Å². The molecular weight excluding hydrogens is 254 g/mol. The number of aromatic nitrogens is 2. The molecule has 1 N–H and O–H groups in total. The molecule has 106 valence electrons. The minimum absolute atomic E-state index is 0.0182. The summed E-state index contributed by atoms with van der Waals surface area (Å²) in [5.74, 6) is 1.16. The molecule has 1 aromatic heterocycles. The van der Waals surface area contributed by atoms with Crippen LogP contribution < -0.4 is 10.1 Å². The van der Waals surface area contributed by atoms with Crippen molar-refractivity contribution < 1.29 is 9.53 Å². The van der Waals surface area contributed by atoms with Crippen molar-refractivity contribution in [2.75, 3.05) is 11.9 Å². The molecule has 0 spiro atoms. The van der Waals surface area contributed by atoms with Crippen molar-refractivity contribution in [3.05, 3.63) is 41.6 Å². The predicted octanol–water partition coefficient (Wildman–Crippen LogP) is 2.31. The minimum Gasteiger partial charge on any atom is -0.484 e. The Morgan fingerprint density at radius 2 is 2.05 bits per heavy atom. The van der Waals surface area contributed by atoms with Crippen molar-refractivity contribution in [1.82, 2.24) is 9.78 Å². The summed E-state index contributed by atoms with van der Waals surface area (Å²) in [7, 11) is 1.78. The van der Waals surface area contributed by atoms with Crippen LogP contribution in [0.15, 0.2) is 30.3 Å². The van der Waals surface area contributed by atoms with Crippen LogP contribution in [0, 0.1) is 6.92 Å². The highest BCUT2D eigenvalue weighted by molar-refractivity contribution is 5.91. The van der Waals surface area contributed by atoms with Gasteiger partial charge in [0.2, 0.25) is 0 Å². The molecule has 5 heteroatoms. The zero-order chi connectivity index (χ0) is 14.5. The van der Waals surface area contributed by atoms with Gasteiger partial charge in [-0.3, -0.25) is 9.48 Å². The largest absolute Gasteiger partial charge is 0.484 e. The Kier molecular flexibility index (Phi) is 4.40. The van der Waals surface area contributed by atoms with Crippen LogP contribution in [0.2, 0.25) is 0 Å². The lowest BCUT2D eigenvalue weighted by Crippen LogP contribution is -2.21. The molecule has 2 rings (SSSR count). The molecule has 0 fully saturated rings. The topological polar surface area (TPSA) is 56.1 Å². The van der Waals surface area contributed by atoms with Gasteiger partial charge in [-0.1, -0.05) is 19.1 Å². The van der Waals surface area contributed by atoms with E-state index in [1.807, 2.05) is 37.3 Å². The fourth-order valence-electron chi connectivity index (χ4n) is 1.88. The number of anilines is 1. The maximum Gasteiger partial charge on any atom is 0.263 e. The first-order chi connectivity index (χ1) is 9.58. The molecule has 0 saturated heterocycles. The lowest BCUT2D eigenvalue weighted by Gasteiger charge is -2.08. The van der Waals surface area contributed by atoms with E-state index in [0.29, 0.717) is 11.6 Å². The van der Waals surface area contributed by atoms with Crippen LogP contribution in [-0.4, -0.2) is 22.3 Å². The first-order valence-corrected chi connectivity index (χ1v) is 6.60. The molecule has 0 saturated carbocycles. The molecule has 0 atom stereocenters. The number of rotatable bonds is 5. The molecule has 0 aliphatic heterocycles. The summed E-state index contributed by atoms with van der Waals surface area (Å²) in [5, 5.41) is 6.92. The predicted molar refractivity (Wildman–Crippen MR) is 77.9 cm³/mol. The van der Waals surface area contributed by atoms with Crippen molar-refractivity contribution >= 4 is 11.7 Å². The van der Waals surface area contributed by atoms with Gasteiger partial charge in [-0.05, 0) is 31.0 Å². The van der Waals surface area contributed by atoms with Crippen LogP contribution in [0.3, 0.4) is 0 Å². The molecule has 20 heavy (non-hydrogen) atoms. The van der Waals surface area contributed by atoms with Crippen LogP contribution in [0.5, 0.6) is 5.75 Å². The number of carbonyl (C=O) groups excluding carboxylic acids is 1. The van der Waals surface area contributed by atoms with Gasteiger partial charge in [-0.2, -0.15) is 5.10 Å². The van der Waals surface area contributed by atoms with E-state index >= 15 is 0 Å². The SMILES string of the molecule is CCc1ccc(OCC(=O)Nc2cc(C)nn2C)cc1. The zero-order valence-electron chi connectivity index (χ0n) is 12.0. The summed E-state index contributed by atoms with van der Waals surface area (Å²) in [4.78, 5) is 11.8. The molecule has 0 aliphatic carbocycles. The lowest BCUT2D eigenvalue weighted by atomic mass is 10.2. The number of nitrogens with zero attached hydrogens (tertiary/aromatic N) is 2. The van der Waals surface area contributed by atoms with Gasteiger partial charge in [-0.15, -0.1) is 0 Å². The third kappa shape index (κ3) is 3.60.